The van der Waals surface area contributed by atoms with E-state index in [-0.39, 0.29) is 19.5 Å². The number of carboxylic acid groups (broad SMARTS) is 1. The van der Waals surface area contributed by atoms with Crippen LogP contribution in [0.3, 0.4) is 0 Å². The number of aliphatic carboxylic acids is 1. The van der Waals surface area contributed by atoms with Gasteiger partial charge < -0.3 is 21.9 Å². The minimum Gasteiger partial charge on any atom is -0.480 e. The van der Waals surface area contributed by atoms with Crippen LogP contribution in [0.15, 0.2) is 0 Å². The summed E-state index contributed by atoms with van der Waals surface area (Å²) in [4.78, 5) is 10.2. The van der Waals surface area contributed by atoms with Crippen LogP contribution in [-0.4, -0.2) is 29.6 Å². The van der Waals surface area contributed by atoms with Gasteiger partial charge in [-0.2, -0.15) is 13.5 Å². The monoisotopic (exact) mass is 208 g/mol. The number of nitrogens with two attached hydrogens (primary N) is 2. The molecule has 7 N–H and O–H groups in total. The largest absolute Gasteiger partial charge is 0.480 e. The van der Waals surface area contributed by atoms with Crippen LogP contribution in [0.25, 0.3) is 0 Å². The molecule has 0 rings (SSSR count). The Morgan fingerprint density at radius 1 is 1.62 bits per heavy atom. The molecule has 0 fully saturated rings. The first-order chi connectivity index (χ1) is 5.54. The van der Waals surface area contributed by atoms with Crippen LogP contribution in [-0.2, 0) is 4.79 Å². The average Bonchev–Trinajstić information content (AvgIpc) is 1.97. The topological polar surface area (TPSA) is 125 Å². The summed E-state index contributed by atoms with van der Waals surface area (Å²) in [6.45, 7) is 0.482. The quantitative estimate of drug-likeness (QED) is 0.220. The van der Waals surface area contributed by atoms with Crippen molar-refractivity contribution in [3.05, 3.63) is 0 Å². The number of nitrogens with one attached hydrogen (secondary N) is 2. The highest BCUT2D eigenvalue weighted by molar-refractivity contribution is 7.59. The van der Waals surface area contributed by atoms with E-state index < -0.39 is 12.0 Å². The van der Waals surface area contributed by atoms with Crippen LogP contribution in [0.1, 0.15) is 12.8 Å². The van der Waals surface area contributed by atoms with Gasteiger partial charge in [-0.15, -0.1) is 0 Å². The smallest absolute Gasteiger partial charge is 0.320 e. The summed E-state index contributed by atoms with van der Waals surface area (Å²) in [7, 11) is 0. The van der Waals surface area contributed by atoms with E-state index in [2.05, 4.69) is 5.32 Å². The van der Waals surface area contributed by atoms with Crippen LogP contribution < -0.4 is 16.8 Å². The molecule has 0 aliphatic heterocycles. The van der Waals surface area contributed by atoms with Crippen molar-refractivity contribution >= 4 is 25.4 Å². The van der Waals surface area contributed by atoms with E-state index in [1.54, 1.807) is 0 Å². The molecular formula is C6H16N4O2S. The average molecular weight is 208 g/mol. The predicted octanol–water partition coefficient (Wildman–Crippen LogP) is -1.23. The predicted molar refractivity (Wildman–Crippen MR) is 55.1 cm³/mol. The molecule has 0 saturated carbocycles. The molecule has 0 radical (unpaired) electrons. The Balaban J connectivity index is 0. The molecule has 0 spiro atoms. The lowest BCUT2D eigenvalue weighted by Gasteiger charge is -2.06. The fraction of sp³-hybridized carbons (Fsp3) is 0.667. The summed E-state index contributed by atoms with van der Waals surface area (Å²) in [5, 5.41) is 17.7. The van der Waals surface area contributed by atoms with Crippen molar-refractivity contribution in [1.82, 2.24) is 5.32 Å². The molecule has 6 nitrogen and oxygen atoms in total. The third-order valence-electron chi connectivity index (χ3n) is 1.32. The molecule has 0 aliphatic rings. The highest BCUT2D eigenvalue weighted by atomic mass is 32.1. The van der Waals surface area contributed by atoms with Gasteiger partial charge in [-0.25, -0.2) is 0 Å². The van der Waals surface area contributed by atoms with E-state index in [0.29, 0.717) is 19.4 Å². The number of rotatable bonds is 5. The number of hydrogen-bond donors (Lipinski definition) is 5. The lowest BCUT2D eigenvalue weighted by molar-refractivity contribution is -0.138. The molecule has 0 aromatic carbocycles. The van der Waals surface area contributed by atoms with Gasteiger partial charge in [0.15, 0.2) is 5.96 Å². The zero-order valence-corrected chi connectivity index (χ0v) is 8.21. The summed E-state index contributed by atoms with van der Waals surface area (Å²) in [6, 6.07) is -0.821. The second-order valence-corrected chi connectivity index (χ2v) is 2.43. The minimum atomic E-state index is -1.00. The standard InChI is InChI=1S/C6H14N4O2.H2S/c7-4(5(11)12)2-1-3-10-6(8)9;/h4H,1-3,7H2,(H,11,12)(H4,8,9,10);1H2/t4-;/m0./s1. The van der Waals surface area contributed by atoms with Crippen LogP contribution >= 0.6 is 13.5 Å². The molecule has 7 heteroatoms. The molecular weight excluding hydrogens is 192 g/mol. The van der Waals surface area contributed by atoms with Crippen molar-refractivity contribution in [3.63, 3.8) is 0 Å². The maximum atomic E-state index is 10.2. The Morgan fingerprint density at radius 2 is 2.15 bits per heavy atom. The van der Waals surface area contributed by atoms with Crippen molar-refractivity contribution < 1.29 is 9.90 Å². The van der Waals surface area contributed by atoms with Crippen LogP contribution in [0, 0.1) is 5.41 Å². The van der Waals surface area contributed by atoms with E-state index in [1.807, 2.05) is 0 Å². The summed E-state index contributed by atoms with van der Waals surface area (Å²) in [5.74, 6) is -1.11. The van der Waals surface area contributed by atoms with Crippen molar-refractivity contribution in [2.24, 2.45) is 11.5 Å². The molecule has 0 heterocycles. The van der Waals surface area contributed by atoms with Gasteiger partial charge in [-0.1, -0.05) is 0 Å². The van der Waals surface area contributed by atoms with Gasteiger partial charge >= 0.3 is 5.97 Å². The number of carboxylic acids is 1. The Bertz CT molecular complexity index is 176. The highest BCUT2D eigenvalue weighted by Gasteiger charge is 2.09. The van der Waals surface area contributed by atoms with Crippen LogP contribution in [0.4, 0.5) is 0 Å². The first-order valence-corrected chi connectivity index (χ1v) is 3.60. The lowest BCUT2D eigenvalue weighted by Crippen LogP contribution is -2.34. The minimum absolute atomic E-state index is 0. The van der Waals surface area contributed by atoms with Gasteiger partial charge in [0, 0.05) is 6.54 Å². The summed E-state index contributed by atoms with van der Waals surface area (Å²) < 4.78 is 0. The van der Waals surface area contributed by atoms with Gasteiger partial charge in [0.05, 0.1) is 0 Å². The van der Waals surface area contributed by atoms with E-state index in [1.165, 1.54) is 0 Å². The van der Waals surface area contributed by atoms with Gasteiger partial charge in [0.1, 0.15) is 6.04 Å². The molecule has 0 aromatic rings. The maximum absolute atomic E-state index is 10.2. The van der Waals surface area contributed by atoms with Crippen molar-refractivity contribution in [2.75, 3.05) is 6.54 Å². The summed E-state index contributed by atoms with van der Waals surface area (Å²) in [6.07, 6.45) is 0.975. The van der Waals surface area contributed by atoms with E-state index >= 15 is 0 Å². The SMILES string of the molecule is N=C(N)NCCC[C@H](N)C(=O)O.S. The number of hydrogen-bond acceptors (Lipinski definition) is 3. The fourth-order valence-corrected chi connectivity index (χ4v) is 0.669. The summed E-state index contributed by atoms with van der Waals surface area (Å²) >= 11 is 0. The zero-order chi connectivity index (χ0) is 9.56. The van der Waals surface area contributed by atoms with Crippen molar-refractivity contribution in [1.29, 1.82) is 5.41 Å². The normalized spacial score (nSPS) is 11.2. The van der Waals surface area contributed by atoms with Gasteiger partial charge in [0.25, 0.3) is 0 Å². The van der Waals surface area contributed by atoms with Gasteiger partial charge in [-0.05, 0) is 12.8 Å². The van der Waals surface area contributed by atoms with E-state index in [4.69, 9.17) is 22.0 Å². The van der Waals surface area contributed by atoms with E-state index in [9.17, 15) is 4.79 Å². The Labute approximate surface area is 83.6 Å². The maximum Gasteiger partial charge on any atom is 0.320 e. The first kappa shape index (κ1) is 14.6. The van der Waals surface area contributed by atoms with Gasteiger partial charge in [-0.3, -0.25) is 10.2 Å². The van der Waals surface area contributed by atoms with Gasteiger partial charge in [0.2, 0.25) is 0 Å². The molecule has 13 heavy (non-hydrogen) atoms. The second-order valence-electron chi connectivity index (χ2n) is 2.43. The molecule has 0 saturated heterocycles. The number of carbonyl (C=O) groups is 1. The Hall–Kier alpha value is -0.950. The molecule has 0 amide bonds. The summed E-state index contributed by atoms with van der Waals surface area (Å²) in [5.41, 5.74) is 10.2. The Morgan fingerprint density at radius 3 is 2.54 bits per heavy atom. The molecule has 78 valence electrons. The lowest BCUT2D eigenvalue weighted by atomic mass is 10.2. The first-order valence-electron chi connectivity index (χ1n) is 3.60. The van der Waals surface area contributed by atoms with E-state index in [0.717, 1.165) is 0 Å². The number of guanidine groups is 1. The molecule has 0 aromatic heterocycles. The van der Waals surface area contributed by atoms with Crippen molar-refractivity contribution in [3.8, 4) is 0 Å². The highest BCUT2D eigenvalue weighted by Crippen LogP contribution is 1.92. The zero-order valence-electron chi connectivity index (χ0n) is 7.21. The Kier molecular flexibility index (Phi) is 8.61. The fourth-order valence-electron chi connectivity index (χ4n) is 0.669. The van der Waals surface area contributed by atoms with Crippen LogP contribution in [0.2, 0.25) is 0 Å². The second kappa shape index (κ2) is 7.69. The molecule has 1 atom stereocenters. The molecule has 0 bridgehead atoms. The molecule has 0 unspecified atom stereocenters. The van der Waals surface area contributed by atoms with Crippen molar-refractivity contribution in [2.45, 2.75) is 18.9 Å². The van der Waals surface area contributed by atoms with Crippen LogP contribution in [0.5, 0.6) is 0 Å². The third-order valence-corrected chi connectivity index (χ3v) is 1.32. The third kappa shape index (κ3) is 8.96. The molecule has 0 aliphatic carbocycles.